The van der Waals surface area contributed by atoms with Gasteiger partial charge < -0.3 is 19.9 Å². The van der Waals surface area contributed by atoms with Crippen molar-refractivity contribution >= 4 is 0 Å². The van der Waals surface area contributed by atoms with Crippen LogP contribution in [0, 0.1) is 11.8 Å². The van der Waals surface area contributed by atoms with E-state index in [-0.39, 0.29) is 11.6 Å². The maximum atomic E-state index is 6.57. The minimum atomic E-state index is 0.0570. The molecule has 19 heavy (non-hydrogen) atoms. The molecular weight excluding hydrogens is 242 g/mol. The van der Waals surface area contributed by atoms with Crippen LogP contribution in [0.2, 0.25) is 0 Å². The fourth-order valence-corrected chi connectivity index (χ4v) is 4.09. The molecule has 2 N–H and O–H groups in total. The molecule has 0 aromatic heterocycles. The van der Waals surface area contributed by atoms with Crippen molar-refractivity contribution in [2.45, 2.75) is 56.8 Å². The average Bonchev–Trinajstić information content (AvgIpc) is 2.85. The minimum Gasteiger partial charge on any atom is -0.381 e. The first-order valence-electron chi connectivity index (χ1n) is 7.79. The molecule has 4 unspecified atom stereocenters. The SMILES string of the molecule is CC1OCCC1C(N)C1CCOC2(CCOCC2)C1. The molecule has 0 aromatic rings. The van der Waals surface area contributed by atoms with Gasteiger partial charge >= 0.3 is 0 Å². The molecule has 0 aliphatic carbocycles. The molecule has 0 saturated carbocycles. The zero-order chi connectivity index (χ0) is 13.3. The molecule has 3 heterocycles. The Kier molecular flexibility index (Phi) is 4.13. The van der Waals surface area contributed by atoms with Crippen LogP contribution in [0.15, 0.2) is 0 Å². The van der Waals surface area contributed by atoms with Crippen molar-refractivity contribution in [2.24, 2.45) is 17.6 Å². The number of hydrogen-bond donors (Lipinski definition) is 1. The van der Waals surface area contributed by atoms with Gasteiger partial charge in [0.1, 0.15) is 0 Å². The van der Waals surface area contributed by atoms with Crippen LogP contribution in [0.5, 0.6) is 0 Å². The van der Waals surface area contributed by atoms with Gasteiger partial charge in [-0.1, -0.05) is 0 Å². The lowest BCUT2D eigenvalue weighted by atomic mass is 9.74. The van der Waals surface area contributed by atoms with Crippen LogP contribution in [0.25, 0.3) is 0 Å². The molecule has 0 bridgehead atoms. The van der Waals surface area contributed by atoms with Crippen molar-refractivity contribution in [3.05, 3.63) is 0 Å². The van der Waals surface area contributed by atoms with Crippen molar-refractivity contribution in [3.63, 3.8) is 0 Å². The summed E-state index contributed by atoms with van der Waals surface area (Å²) in [5.41, 5.74) is 6.62. The van der Waals surface area contributed by atoms with Crippen molar-refractivity contribution in [2.75, 3.05) is 26.4 Å². The van der Waals surface area contributed by atoms with Crippen molar-refractivity contribution < 1.29 is 14.2 Å². The Bertz CT molecular complexity index is 298. The van der Waals surface area contributed by atoms with Gasteiger partial charge in [-0.15, -0.1) is 0 Å². The van der Waals surface area contributed by atoms with Gasteiger partial charge in [-0.3, -0.25) is 0 Å². The van der Waals surface area contributed by atoms with E-state index in [0.717, 1.165) is 58.5 Å². The van der Waals surface area contributed by atoms with Crippen LogP contribution in [0.3, 0.4) is 0 Å². The largest absolute Gasteiger partial charge is 0.381 e. The van der Waals surface area contributed by atoms with Crippen LogP contribution in [-0.4, -0.2) is 44.2 Å². The van der Waals surface area contributed by atoms with E-state index >= 15 is 0 Å². The summed E-state index contributed by atoms with van der Waals surface area (Å²) >= 11 is 0. The normalized spacial score (nSPS) is 40.4. The summed E-state index contributed by atoms with van der Waals surface area (Å²) in [5.74, 6) is 1.11. The Hall–Kier alpha value is -0.160. The van der Waals surface area contributed by atoms with E-state index in [2.05, 4.69) is 6.92 Å². The topological polar surface area (TPSA) is 53.7 Å². The fourth-order valence-electron chi connectivity index (χ4n) is 4.09. The number of ether oxygens (including phenoxy) is 3. The summed E-state index contributed by atoms with van der Waals surface area (Å²) in [7, 11) is 0. The lowest BCUT2D eigenvalue weighted by Gasteiger charge is -2.45. The molecule has 0 aromatic carbocycles. The molecule has 3 fully saturated rings. The monoisotopic (exact) mass is 269 g/mol. The second-order valence-electron chi connectivity index (χ2n) is 6.50. The van der Waals surface area contributed by atoms with Gasteiger partial charge in [0.25, 0.3) is 0 Å². The molecular formula is C15H27NO3. The van der Waals surface area contributed by atoms with Gasteiger partial charge in [0.15, 0.2) is 0 Å². The second-order valence-corrected chi connectivity index (χ2v) is 6.50. The Morgan fingerprint density at radius 3 is 2.58 bits per heavy atom. The molecule has 1 spiro atoms. The average molecular weight is 269 g/mol. The third-order valence-electron chi connectivity index (χ3n) is 5.41. The Balaban J connectivity index is 1.64. The summed E-state index contributed by atoms with van der Waals surface area (Å²) in [6.07, 6.45) is 5.73. The van der Waals surface area contributed by atoms with Gasteiger partial charge in [-0.05, 0) is 44.9 Å². The van der Waals surface area contributed by atoms with Gasteiger partial charge in [-0.2, -0.15) is 0 Å². The first-order chi connectivity index (χ1) is 9.20. The Morgan fingerprint density at radius 1 is 1.11 bits per heavy atom. The highest BCUT2D eigenvalue weighted by atomic mass is 16.5. The third kappa shape index (κ3) is 2.82. The van der Waals surface area contributed by atoms with Crippen LogP contribution in [0.4, 0.5) is 0 Å². The molecule has 3 saturated heterocycles. The lowest BCUT2D eigenvalue weighted by Crippen LogP contribution is -2.50. The maximum absolute atomic E-state index is 6.57. The first kappa shape index (κ1) is 13.8. The molecule has 3 aliphatic rings. The highest BCUT2D eigenvalue weighted by Gasteiger charge is 2.43. The molecule has 0 radical (unpaired) electrons. The number of nitrogens with two attached hydrogens (primary N) is 1. The van der Waals surface area contributed by atoms with E-state index in [0.29, 0.717) is 17.9 Å². The quantitative estimate of drug-likeness (QED) is 0.829. The number of hydrogen-bond acceptors (Lipinski definition) is 4. The van der Waals surface area contributed by atoms with Gasteiger partial charge in [0.05, 0.1) is 11.7 Å². The first-order valence-corrected chi connectivity index (χ1v) is 7.79. The van der Waals surface area contributed by atoms with Crippen molar-refractivity contribution in [3.8, 4) is 0 Å². The third-order valence-corrected chi connectivity index (χ3v) is 5.41. The molecule has 4 atom stereocenters. The smallest absolute Gasteiger partial charge is 0.0729 e. The van der Waals surface area contributed by atoms with Gasteiger partial charge in [0, 0.05) is 38.4 Å². The summed E-state index contributed by atoms with van der Waals surface area (Å²) < 4.78 is 17.3. The van der Waals surface area contributed by atoms with Crippen LogP contribution < -0.4 is 5.73 Å². The van der Waals surface area contributed by atoms with Crippen LogP contribution in [-0.2, 0) is 14.2 Å². The van der Waals surface area contributed by atoms with E-state index in [1.54, 1.807) is 0 Å². The number of rotatable bonds is 2. The molecule has 110 valence electrons. The minimum absolute atomic E-state index is 0.0570. The second kappa shape index (κ2) is 5.68. The summed E-state index contributed by atoms with van der Waals surface area (Å²) in [6.45, 7) is 5.58. The lowest BCUT2D eigenvalue weighted by molar-refractivity contribution is -0.151. The van der Waals surface area contributed by atoms with Gasteiger partial charge in [-0.25, -0.2) is 0 Å². The van der Waals surface area contributed by atoms with E-state index < -0.39 is 0 Å². The van der Waals surface area contributed by atoms with Crippen molar-refractivity contribution in [1.29, 1.82) is 0 Å². The predicted octanol–water partition coefficient (Wildman–Crippen LogP) is 1.71. The Morgan fingerprint density at radius 2 is 1.89 bits per heavy atom. The summed E-state index contributed by atoms with van der Waals surface area (Å²) in [6, 6.07) is 0.265. The van der Waals surface area contributed by atoms with E-state index in [9.17, 15) is 0 Å². The molecule has 3 aliphatic heterocycles. The zero-order valence-corrected chi connectivity index (χ0v) is 12.0. The predicted molar refractivity (Wildman–Crippen MR) is 73.0 cm³/mol. The van der Waals surface area contributed by atoms with Gasteiger partial charge in [0.2, 0.25) is 0 Å². The summed E-state index contributed by atoms with van der Waals surface area (Å²) in [4.78, 5) is 0. The molecule has 4 nitrogen and oxygen atoms in total. The van der Waals surface area contributed by atoms with E-state index in [4.69, 9.17) is 19.9 Å². The van der Waals surface area contributed by atoms with E-state index in [1.165, 1.54) is 0 Å². The maximum Gasteiger partial charge on any atom is 0.0729 e. The highest BCUT2D eigenvalue weighted by molar-refractivity contribution is 4.95. The van der Waals surface area contributed by atoms with Crippen molar-refractivity contribution in [1.82, 2.24) is 0 Å². The van der Waals surface area contributed by atoms with E-state index in [1.807, 2.05) is 0 Å². The van der Waals surface area contributed by atoms with Crippen LogP contribution >= 0.6 is 0 Å². The summed E-state index contributed by atoms with van der Waals surface area (Å²) in [5, 5.41) is 0. The standard InChI is InChI=1S/C15H27NO3/c1-11-13(3-6-18-11)14(16)12-2-7-19-15(10-12)4-8-17-9-5-15/h11-14H,2-10,16H2,1H3. The molecule has 3 rings (SSSR count). The van der Waals surface area contributed by atoms with Crippen LogP contribution in [0.1, 0.15) is 39.0 Å². The zero-order valence-electron chi connectivity index (χ0n) is 12.0. The Labute approximate surface area is 116 Å². The highest BCUT2D eigenvalue weighted by Crippen LogP contribution is 2.40. The molecule has 0 amide bonds. The fraction of sp³-hybridized carbons (Fsp3) is 1.00. The molecule has 4 heteroatoms.